The Bertz CT molecular complexity index is 415. The number of carbonyl (C=O) groups is 2. The van der Waals surface area contributed by atoms with Gasteiger partial charge in [0.05, 0.1) is 7.05 Å². The molecule has 9 nitrogen and oxygen atoms in total. The Labute approximate surface area is 97.2 Å². The van der Waals surface area contributed by atoms with E-state index in [1.807, 2.05) is 0 Å². The number of rotatable bonds is 4. The Morgan fingerprint density at radius 1 is 1.41 bits per heavy atom. The molecular weight excluding hydrogens is 228 g/mol. The van der Waals surface area contributed by atoms with Gasteiger partial charge in [-0.15, -0.1) is 5.10 Å². The summed E-state index contributed by atoms with van der Waals surface area (Å²) in [5.74, 6) is -1.31. The summed E-state index contributed by atoms with van der Waals surface area (Å²) in [5.41, 5.74) is 0. The van der Waals surface area contributed by atoms with E-state index in [0.717, 1.165) is 0 Å². The first-order chi connectivity index (χ1) is 7.90. The van der Waals surface area contributed by atoms with Gasteiger partial charge in [0.15, 0.2) is 0 Å². The molecule has 3 N–H and O–H groups in total. The maximum Gasteiger partial charge on any atom is 0.326 e. The van der Waals surface area contributed by atoms with Crippen LogP contribution in [-0.4, -0.2) is 43.4 Å². The number of carboxylic acids is 1. The second kappa shape index (κ2) is 5.23. The Balaban J connectivity index is 2.56. The molecule has 0 aliphatic rings. The molecule has 1 aromatic heterocycles. The number of aliphatic carboxylic acids is 1. The van der Waals surface area contributed by atoms with Gasteiger partial charge in [0.2, 0.25) is 0 Å². The highest BCUT2D eigenvalue weighted by Crippen LogP contribution is 2.02. The molecule has 17 heavy (non-hydrogen) atoms. The summed E-state index contributed by atoms with van der Waals surface area (Å²) in [5, 5.41) is 24.2. The van der Waals surface area contributed by atoms with Gasteiger partial charge in [0.1, 0.15) is 6.04 Å². The zero-order valence-electron chi connectivity index (χ0n) is 9.71. The first-order valence-corrected chi connectivity index (χ1v) is 4.94. The van der Waals surface area contributed by atoms with Crippen LogP contribution >= 0.6 is 0 Å². The van der Waals surface area contributed by atoms with E-state index < -0.39 is 18.0 Å². The highest BCUT2D eigenvalue weighted by molar-refractivity contribution is 5.90. The predicted octanol–water partition coefficient (Wildman–Crippen LogP) is -0.559. The number of amides is 2. The number of aryl methyl sites for hydroxylation is 1. The number of urea groups is 1. The van der Waals surface area contributed by atoms with Crippen molar-refractivity contribution in [3.63, 3.8) is 0 Å². The average Bonchev–Trinajstić information content (AvgIpc) is 2.59. The van der Waals surface area contributed by atoms with Crippen LogP contribution in [0, 0.1) is 5.92 Å². The lowest BCUT2D eigenvalue weighted by atomic mass is 10.1. The van der Waals surface area contributed by atoms with Crippen molar-refractivity contribution in [2.45, 2.75) is 19.9 Å². The van der Waals surface area contributed by atoms with Gasteiger partial charge in [-0.1, -0.05) is 18.9 Å². The van der Waals surface area contributed by atoms with E-state index >= 15 is 0 Å². The van der Waals surface area contributed by atoms with Crippen LogP contribution in [0.15, 0.2) is 0 Å². The molecule has 1 atom stereocenters. The summed E-state index contributed by atoms with van der Waals surface area (Å²) in [4.78, 5) is 23.5. The van der Waals surface area contributed by atoms with Crippen molar-refractivity contribution in [1.82, 2.24) is 25.5 Å². The van der Waals surface area contributed by atoms with Crippen molar-refractivity contribution in [2.75, 3.05) is 5.32 Å². The number of anilines is 1. The summed E-state index contributed by atoms with van der Waals surface area (Å²) in [6.07, 6.45) is 0. The molecule has 0 aliphatic heterocycles. The Morgan fingerprint density at radius 2 is 2.06 bits per heavy atom. The number of hydrogen-bond donors (Lipinski definition) is 3. The summed E-state index contributed by atoms with van der Waals surface area (Å²) >= 11 is 0. The molecule has 0 bridgehead atoms. The van der Waals surface area contributed by atoms with E-state index in [4.69, 9.17) is 5.11 Å². The standard InChI is InChI=1S/C8H14N6O3/c1-4(2)5(6(15)16)9-8(17)10-7-11-13-14(3)12-7/h4-5H,1-3H3,(H,15,16)(H2,9,10,12,17). The van der Waals surface area contributed by atoms with E-state index in [1.54, 1.807) is 20.9 Å². The number of carbonyl (C=O) groups excluding carboxylic acids is 1. The number of nitrogens with one attached hydrogen (secondary N) is 2. The highest BCUT2D eigenvalue weighted by Gasteiger charge is 2.23. The minimum absolute atomic E-state index is 0.0119. The van der Waals surface area contributed by atoms with Crippen LogP contribution < -0.4 is 10.6 Å². The number of carboxylic acid groups (broad SMARTS) is 1. The molecule has 94 valence electrons. The van der Waals surface area contributed by atoms with Crippen LogP contribution in [0.2, 0.25) is 0 Å². The molecule has 9 heteroatoms. The number of nitrogens with zero attached hydrogens (tertiary/aromatic N) is 4. The van der Waals surface area contributed by atoms with E-state index in [2.05, 4.69) is 26.0 Å². The van der Waals surface area contributed by atoms with Crippen molar-refractivity contribution in [1.29, 1.82) is 0 Å². The second-order valence-corrected chi connectivity index (χ2v) is 3.76. The first kappa shape index (κ1) is 12.9. The molecule has 0 radical (unpaired) electrons. The number of tetrazole rings is 1. The van der Waals surface area contributed by atoms with Gasteiger partial charge < -0.3 is 10.4 Å². The average molecular weight is 242 g/mol. The zero-order valence-corrected chi connectivity index (χ0v) is 9.71. The maximum absolute atomic E-state index is 11.4. The van der Waals surface area contributed by atoms with E-state index in [1.165, 1.54) is 4.80 Å². The lowest BCUT2D eigenvalue weighted by Gasteiger charge is -2.17. The van der Waals surface area contributed by atoms with Crippen molar-refractivity contribution in [3.8, 4) is 0 Å². The molecule has 0 saturated carbocycles. The first-order valence-electron chi connectivity index (χ1n) is 4.94. The van der Waals surface area contributed by atoms with Crippen LogP contribution in [0.5, 0.6) is 0 Å². The monoisotopic (exact) mass is 242 g/mol. The molecule has 2 amide bonds. The Morgan fingerprint density at radius 3 is 2.47 bits per heavy atom. The van der Waals surface area contributed by atoms with Crippen LogP contribution in [0.25, 0.3) is 0 Å². The molecule has 0 fully saturated rings. The quantitative estimate of drug-likeness (QED) is 0.650. The minimum atomic E-state index is -1.10. The van der Waals surface area contributed by atoms with Crippen molar-refractivity contribution < 1.29 is 14.7 Å². The Kier molecular flexibility index (Phi) is 3.96. The van der Waals surface area contributed by atoms with Crippen LogP contribution in [0.1, 0.15) is 13.8 Å². The highest BCUT2D eigenvalue weighted by atomic mass is 16.4. The summed E-state index contributed by atoms with van der Waals surface area (Å²) in [7, 11) is 1.55. The van der Waals surface area contributed by atoms with Crippen LogP contribution in [0.3, 0.4) is 0 Å². The van der Waals surface area contributed by atoms with Gasteiger partial charge in [0, 0.05) is 0 Å². The Hall–Kier alpha value is -2.19. The number of hydrogen-bond acceptors (Lipinski definition) is 5. The summed E-state index contributed by atoms with van der Waals surface area (Å²) in [6, 6.07) is -1.65. The van der Waals surface area contributed by atoms with Crippen molar-refractivity contribution >= 4 is 17.9 Å². The predicted molar refractivity (Wildman–Crippen MR) is 57.2 cm³/mol. The smallest absolute Gasteiger partial charge is 0.326 e. The van der Waals surface area contributed by atoms with Crippen LogP contribution in [-0.2, 0) is 11.8 Å². The molecule has 1 aromatic rings. The minimum Gasteiger partial charge on any atom is -0.480 e. The third kappa shape index (κ3) is 3.70. The molecule has 1 unspecified atom stereocenters. The molecule has 0 aliphatic carbocycles. The largest absolute Gasteiger partial charge is 0.480 e. The second-order valence-electron chi connectivity index (χ2n) is 3.76. The molecule has 1 heterocycles. The van der Waals surface area contributed by atoms with Crippen LogP contribution in [0.4, 0.5) is 10.7 Å². The van der Waals surface area contributed by atoms with Gasteiger partial charge in [0.25, 0.3) is 5.95 Å². The van der Waals surface area contributed by atoms with Gasteiger partial charge in [-0.25, -0.2) is 9.59 Å². The summed E-state index contributed by atoms with van der Waals surface area (Å²) in [6.45, 7) is 3.39. The fraction of sp³-hybridized carbons (Fsp3) is 0.625. The zero-order chi connectivity index (χ0) is 13.0. The normalized spacial score (nSPS) is 12.2. The molecule has 1 rings (SSSR count). The fourth-order valence-corrected chi connectivity index (χ4v) is 1.13. The van der Waals surface area contributed by atoms with Crippen molar-refractivity contribution in [2.24, 2.45) is 13.0 Å². The third-order valence-corrected chi connectivity index (χ3v) is 1.95. The van der Waals surface area contributed by atoms with Gasteiger partial charge in [-0.2, -0.15) is 4.80 Å². The van der Waals surface area contributed by atoms with E-state index in [9.17, 15) is 9.59 Å². The third-order valence-electron chi connectivity index (χ3n) is 1.95. The number of aromatic nitrogens is 4. The molecular formula is C8H14N6O3. The van der Waals surface area contributed by atoms with Gasteiger partial charge in [-0.05, 0) is 11.1 Å². The lowest BCUT2D eigenvalue weighted by molar-refractivity contribution is -0.140. The van der Waals surface area contributed by atoms with Gasteiger partial charge in [-0.3, -0.25) is 5.32 Å². The topological polar surface area (TPSA) is 122 Å². The van der Waals surface area contributed by atoms with Gasteiger partial charge >= 0.3 is 12.0 Å². The fourth-order valence-electron chi connectivity index (χ4n) is 1.13. The summed E-state index contributed by atoms with van der Waals surface area (Å²) < 4.78 is 0. The molecule has 0 spiro atoms. The van der Waals surface area contributed by atoms with E-state index in [0.29, 0.717) is 0 Å². The SMILES string of the molecule is CC(C)C(NC(=O)Nc1nnn(C)n1)C(=O)O. The molecule has 0 aromatic carbocycles. The lowest BCUT2D eigenvalue weighted by Crippen LogP contribution is -2.46. The van der Waals surface area contributed by atoms with E-state index in [-0.39, 0.29) is 11.9 Å². The van der Waals surface area contributed by atoms with Crippen molar-refractivity contribution in [3.05, 3.63) is 0 Å². The maximum atomic E-state index is 11.4. The molecule has 0 saturated heterocycles.